The first-order valence-corrected chi connectivity index (χ1v) is 7.19. The number of rotatable bonds is 7. The fourth-order valence-electron chi connectivity index (χ4n) is 2.07. The van der Waals surface area contributed by atoms with E-state index in [4.69, 9.17) is 15.3 Å². The molecule has 0 aliphatic rings. The van der Waals surface area contributed by atoms with Gasteiger partial charge in [0.05, 0.1) is 19.7 Å². The normalized spacial score (nSPS) is 12.2. The van der Waals surface area contributed by atoms with E-state index in [1.807, 2.05) is 29.9 Å². The molecule has 20 heavy (non-hydrogen) atoms. The highest BCUT2D eigenvalue weighted by Crippen LogP contribution is 2.28. The van der Waals surface area contributed by atoms with Crippen LogP contribution in [0.2, 0.25) is 0 Å². The highest BCUT2D eigenvalue weighted by atomic mass is 32.1. The van der Waals surface area contributed by atoms with Crippen molar-refractivity contribution < 1.29 is 9.47 Å². The van der Waals surface area contributed by atoms with E-state index in [1.54, 1.807) is 25.6 Å². The lowest BCUT2D eigenvalue weighted by Gasteiger charge is -2.16. The monoisotopic (exact) mass is 293 g/mol. The second kappa shape index (κ2) is 7.23. The summed E-state index contributed by atoms with van der Waals surface area (Å²) in [6, 6.07) is 6.08. The minimum absolute atomic E-state index is 0.161. The smallest absolute Gasteiger partial charge is 0.160 e. The van der Waals surface area contributed by atoms with Crippen LogP contribution in [0.3, 0.4) is 0 Å². The lowest BCUT2D eigenvalue weighted by molar-refractivity contribution is 0.354. The Morgan fingerprint density at radius 1 is 1.25 bits per heavy atom. The van der Waals surface area contributed by atoms with Crippen molar-refractivity contribution >= 4 is 11.3 Å². The van der Waals surface area contributed by atoms with E-state index in [1.165, 1.54) is 4.88 Å². The molecule has 1 aromatic carbocycles. The van der Waals surface area contributed by atoms with Crippen LogP contribution in [0.5, 0.6) is 11.5 Å². The minimum atomic E-state index is 0.161. The number of ether oxygens (including phenoxy) is 2. The van der Waals surface area contributed by atoms with Crippen LogP contribution in [0.1, 0.15) is 10.4 Å². The summed E-state index contributed by atoms with van der Waals surface area (Å²) >= 11 is 1.64. The van der Waals surface area contributed by atoms with Crippen LogP contribution in [-0.4, -0.2) is 25.2 Å². The average molecular weight is 293 g/mol. The van der Waals surface area contributed by atoms with Crippen molar-refractivity contribution in [3.63, 3.8) is 0 Å². The number of nitrogens with one attached hydrogen (secondary N) is 1. The Kier molecular flexibility index (Phi) is 5.34. The van der Waals surface area contributed by atoms with Gasteiger partial charge in [0.25, 0.3) is 0 Å². The first-order chi connectivity index (χ1) is 9.76. The van der Waals surface area contributed by atoms with Gasteiger partial charge >= 0.3 is 0 Å². The molecule has 108 valence electrons. The van der Waals surface area contributed by atoms with Gasteiger partial charge in [-0.1, -0.05) is 6.07 Å². The van der Waals surface area contributed by atoms with Gasteiger partial charge in [-0.2, -0.15) is 0 Å². The molecule has 2 rings (SSSR count). The van der Waals surface area contributed by atoms with E-state index >= 15 is 0 Å². The molecule has 3 N–H and O–H groups in total. The molecule has 6 heteroatoms. The molecular formula is C14H19N3O2S. The predicted octanol–water partition coefficient (Wildman–Crippen LogP) is 1.78. The number of hydrazine groups is 1. The third kappa shape index (κ3) is 3.69. The van der Waals surface area contributed by atoms with Gasteiger partial charge in [-0.3, -0.25) is 16.3 Å². The first kappa shape index (κ1) is 14.8. The minimum Gasteiger partial charge on any atom is -0.493 e. The van der Waals surface area contributed by atoms with Crippen LogP contribution in [0.15, 0.2) is 29.9 Å². The summed E-state index contributed by atoms with van der Waals surface area (Å²) in [6.07, 6.45) is 3.55. The molecule has 0 fully saturated rings. The van der Waals surface area contributed by atoms with Crippen molar-refractivity contribution in [2.24, 2.45) is 5.84 Å². The molecule has 0 aliphatic carbocycles. The van der Waals surface area contributed by atoms with Crippen molar-refractivity contribution in [2.75, 3.05) is 14.2 Å². The maximum atomic E-state index is 5.64. The Hall–Kier alpha value is -1.63. The number of aromatic nitrogens is 1. The number of hydrogen-bond donors (Lipinski definition) is 2. The Bertz CT molecular complexity index is 531. The third-order valence-corrected chi connectivity index (χ3v) is 3.90. The molecule has 0 saturated carbocycles. The fourth-order valence-corrected chi connectivity index (χ4v) is 2.74. The summed E-state index contributed by atoms with van der Waals surface area (Å²) in [4.78, 5) is 5.30. The first-order valence-electron chi connectivity index (χ1n) is 6.31. The Morgan fingerprint density at radius 3 is 2.65 bits per heavy atom. The molecule has 0 saturated heterocycles. The number of nitrogens with zero attached hydrogens (tertiary/aromatic N) is 1. The second-order valence-electron chi connectivity index (χ2n) is 4.43. The van der Waals surface area contributed by atoms with Crippen LogP contribution in [0, 0.1) is 0 Å². The van der Waals surface area contributed by atoms with Crippen LogP contribution in [-0.2, 0) is 12.8 Å². The molecule has 0 radical (unpaired) electrons. The Balaban J connectivity index is 2.07. The number of benzene rings is 1. The molecule has 0 amide bonds. The summed E-state index contributed by atoms with van der Waals surface area (Å²) in [6.45, 7) is 0. The third-order valence-electron chi connectivity index (χ3n) is 3.10. The lowest BCUT2D eigenvalue weighted by atomic mass is 10.0. The van der Waals surface area contributed by atoms with Gasteiger partial charge in [-0.15, -0.1) is 11.3 Å². The number of hydrogen-bond acceptors (Lipinski definition) is 6. The largest absolute Gasteiger partial charge is 0.493 e. The molecule has 0 aliphatic heterocycles. The quantitative estimate of drug-likeness (QED) is 0.601. The van der Waals surface area contributed by atoms with E-state index in [0.29, 0.717) is 0 Å². The van der Waals surface area contributed by atoms with Crippen LogP contribution in [0.25, 0.3) is 0 Å². The molecule has 0 bridgehead atoms. The van der Waals surface area contributed by atoms with Gasteiger partial charge in [-0.25, -0.2) is 0 Å². The predicted molar refractivity (Wildman–Crippen MR) is 80.2 cm³/mol. The zero-order valence-corrected chi connectivity index (χ0v) is 12.4. The highest BCUT2D eigenvalue weighted by molar-refractivity contribution is 7.09. The van der Waals surface area contributed by atoms with Crippen LogP contribution >= 0.6 is 11.3 Å². The van der Waals surface area contributed by atoms with Crippen LogP contribution < -0.4 is 20.7 Å². The summed E-state index contributed by atoms with van der Waals surface area (Å²) < 4.78 is 10.5. The summed E-state index contributed by atoms with van der Waals surface area (Å²) in [5, 5.41) is 0. The van der Waals surface area contributed by atoms with Gasteiger partial charge in [-0.05, 0) is 24.1 Å². The van der Waals surface area contributed by atoms with Gasteiger partial charge in [0.2, 0.25) is 0 Å². The summed E-state index contributed by atoms with van der Waals surface area (Å²) in [5.74, 6) is 7.11. The van der Waals surface area contributed by atoms with E-state index in [2.05, 4.69) is 10.4 Å². The van der Waals surface area contributed by atoms with Crippen LogP contribution in [0.4, 0.5) is 0 Å². The standard InChI is InChI=1S/C14H19N3O2S/c1-18-13-4-3-10(6-14(13)19-2)5-11(17-15)7-12-8-16-9-20-12/h3-4,6,8-9,11,17H,5,7,15H2,1-2H3. The zero-order chi connectivity index (χ0) is 14.4. The maximum absolute atomic E-state index is 5.64. The van der Waals surface area contributed by atoms with Crippen molar-refractivity contribution in [3.05, 3.63) is 40.3 Å². The molecule has 1 aromatic heterocycles. The molecular weight excluding hydrogens is 274 g/mol. The Labute approximate surface area is 122 Å². The highest BCUT2D eigenvalue weighted by Gasteiger charge is 2.12. The SMILES string of the molecule is COc1ccc(CC(Cc2cncs2)NN)cc1OC. The van der Waals surface area contributed by atoms with E-state index in [0.717, 1.165) is 29.9 Å². The lowest BCUT2D eigenvalue weighted by Crippen LogP contribution is -2.38. The number of methoxy groups -OCH3 is 2. The molecule has 2 aromatic rings. The van der Waals surface area contributed by atoms with Gasteiger partial charge in [0.1, 0.15) is 0 Å². The fraction of sp³-hybridized carbons (Fsp3) is 0.357. The van der Waals surface area contributed by atoms with E-state index < -0.39 is 0 Å². The van der Waals surface area contributed by atoms with Gasteiger partial charge in [0, 0.05) is 23.5 Å². The maximum Gasteiger partial charge on any atom is 0.160 e. The Morgan fingerprint density at radius 2 is 2.05 bits per heavy atom. The summed E-state index contributed by atoms with van der Waals surface area (Å²) in [7, 11) is 3.27. The van der Waals surface area contributed by atoms with Crippen molar-refractivity contribution in [2.45, 2.75) is 18.9 Å². The van der Waals surface area contributed by atoms with Gasteiger partial charge in [0.15, 0.2) is 11.5 Å². The molecule has 1 heterocycles. The summed E-state index contributed by atoms with van der Waals surface area (Å²) in [5.41, 5.74) is 5.84. The molecule has 0 spiro atoms. The zero-order valence-electron chi connectivity index (χ0n) is 11.6. The van der Waals surface area contributed by atoms with Crippen molar-refractivity contribution in [3.8, 4) is 11.5 Å². The van der Waals surface area contributed by atoms with Crippen molar-refractivity contribution in [1.29, 1.82) is 0 Å². The molecule has 5 nitrogen and oxygen atoms in total. The van der Waals surface area contributed by atoms with E-state index in [9.17, 15) is 0 Å². The molecule has 1 unspecified atom stereocenters. The second-order valence-corrected chi connectivity index (χ2v) is 5.40. The van der Waals surface area contributed by atoms with Crippen molar-refractivity contribution in [1.82, 2.24) is 10.4 Å². The molecule has 1 atom stereocenters. The number of thiazole rings is 1. The van der Waals surface area contributed by atoms with E-state index in [-0.39, 0.29) is 6.04 Å². The number of nitrogens with two attached hydrogens (primary N) is 1. The topological polar surface area (TPSA) is 69.4 Å². The van der Waals surface area contributed by atoms with Gasteiger partial charge < -0.3 is 9.47 Å². The average Bonchev–Trinajstić information content (AvgIpc) is 2.99.